The van der Waals surface area contributed by atoms with Crippen LogP contribution in [0.1, 0.15) is 17.2 Å². The molecule has 1 heterocycles. The zero-order valence-electron chi connectivity index (χ0n) is 11.8. The van der Waals surface area contributed by atoms with Crippen molar-refractivity contribution >= 4 is 11.6 Å². The summed E-state index contributed by atoms with van der Waals surface area (Å²) in [4.78, 5) is 3.99. The molecule has 2 rings (SSSR count). The number of methoxy groups -OCH3 is 1. The van der Waals surface area contributed by atoms with E-state index in [-0.39, 0.29) is 6.04 Å². The lowest BCUT2D eigenvalue weighted by Crippen LogP contribution is -2.29. The number of pyridine rings is 1. The van der Waals surface area contributed by atoms with Gasteiger partial charge in [-0.05, 0) is 17.7 Å². The summed E-state index contributed by atoms with van der Waals surface area (Å²) in [5.41, 5.74) is 4.53. The first kappa shape index (κ1) is 15.7. The van der Waals surface area contributed by atoms with Crippen LogP contribution < -0.4 is 16.0 Å². The van der Waals surface area contributed by atoms with Crippen LogP contribution in [0, 0.1) is 0 Å². The van der Waals surface area contributed by atoms with E-state index in [1.807, 2.05) is 30.3 Å². The van der Waals surface area contributed by atoms with E-state index in [0.717, 1.165) is 16.9 Å². The average molecular weight is 308 g/mol. The molecule has 0 bridgehead atoms. The lowest BCUT2D eigenvalue weighted by molar-refractivity contribution is 0.145. The molecule has 0 aliphatic rings. The van der Waals surface area contributed by atoms with Crippen LogP contribution in [0.4, 0.5) is 0 Å². The molecule has 0 radical (unpaired) electrons. The Morgan fingerprint density at radius 2 is 2.05 bits per heavy atom. The number of nitrogens with two attached hydrogens (primary N) is 1. The third-order valence-electron chi connectivity index (χ3n) is 3.06. The van der Waals surface area contributed by atoms with Gasteiger partial charge in [0.25, 0.3) is 0 Å². The smallest absolute Gasteiger partial charge is 0.124 e. The highest BCUT2D eigenvalue weighted by Crippen LogP contribution is 2.32. The van der Waals surface area contributed by atoms with Gasteiger partial charge in [0, 0.05) is 25.1 Å². The van der Waals surface area contributed by atoms with Gasteiger partial charge in [-0.3, -0.25) is 10.8 Å². The van der Waals surface area contributed by atoms with Crippen molar-refractivity contribution in [3.05, 3.63) is 58.9 Å². The van der Waals surface area contributed by atoms with Gasteiger partial charge in [0.15, 0.2) is 0 Å². The Kier molecular flexibility index (Phi) is 5.95. The SMILES string of the molecule is COCCOc1ccccc1C(NN)c1ccncc1Cl. The van der Waals surface area contributed by atoms with Crippen LogP contribution in [0.25, 0.3) is 0 Å². The number of benzene rings is 1. The molecule has 5 nitrogen and oxygen atoms in total. The van der Waals surface area contributed by atoms with E-state index in [1.54, 1.807) is 19.5 Å². The minimum absolute atomic E-state index is 0.278. The number of nitrogens with zero attached hydrogens (tertiary/aromatic N) is 1. The maximum atomic E-state index is 6.21. The van der Waals surface area contributed by atoms with Crippen LogP contribution >= 0.6 is 11.6 Å². The first-order chi connectivity index (χ1) is 10.3. The lowest BCUT2D eigenvalue weighted by Gasteiger charge is -2.21. The number of hydrogen-bond donors (Lipinski definition) is 2. The minimum atomic E-state index is -0.278. The number of para-hydroxylation sites is 1. The summed E-state index contributed by atoms with van der Waals surface area (Å²) in [6.07, 6.45) is 3.27. The molecule has 0 saturated heterocycles. The van der Waals surface area contributed by atoms with Gasteiger partial charge in [-0.2, -0.15) is 0 Å². The molecule has 1 aromatic heterocycles. The van der Waals surface area contributed by atoms with Crippen molar-refractivity contribution in [2.24, 2.45) is 5.84 Å². The summed E-state index contributed by atoms with van der Waals surface area (Å²) < 4.78 is 10.7. The molecule has 3 N–H and O–H groups in total. The molecular formula is C15H18ClN3O2. The van der Waals surface area contributed by atoms with E-state index in [4.69, 9.17) is 26.9 Å². The van der Waals surface area contributed by atoms with E-state index in [2.05, 4.69) is 10.4 Å². The van der Waals surface area contributed by atoms with Crippen LogP contribution in [-0.2, 0) is 4.74 Å². The molecule has 6 heteroatoms. The lowest BCUT2D eigenvalue weighted by atomic mass is 9.99. The van der Waals surface area contributed by atoms with Crippen LogP contribution in [-0.4, -0.2) is 25.3 Å². The van der Waals surface area contributed by atoms with Gasteiger partial charge < -0.3 is 9.47 Å². The standard InChI is InChI=1S/C15H18ClN3O2/c1-20-8-9-21-14-5-3-2-4-12(14)15(19-17)11-6-7-18-10-13(11)16/h2-7,10,15,19H,8-9,17H2,1H3. The largest absolute Gasteiger partial charge is 0.491 e. The summed E-state index contributed by atoms with van der Waals surface area (Å²) in [6.45, 7) is 0.986. The highest BCUT2D eigenvalue weighted by Gasteiger charge is 2.19. The second kappa shape index (κ2) is 7.95. The number of ether oxygens (including phenoxy) is 2. The van der Waals surface area contributed by atoms with Crippen molar-refractivity contribution in [3.8, 4) is 5.75 Å². The summed E-state index contributed by atoms with van der Waals surface area (Å²) in [5, 5.41) is 0.548. The topological polar surface area (TPSA) is 69.4 Å². The van der Waals surface area contributed by atoms with Gasteiger partial charge in [-0.25, -0.2) is 5.43 Å². The summed E-state index contributed by atoms with van der Waals surface area (Å²) in [5.74, 6) is 6.46. The molecule has 0 aliphatic heterocycles. The molecule has 1 unspecified atom stereocenters. The highest BCUT2D eigenvalue weighted by atomic mass is 35.5. The van der Waals surface area contributed by atoms with Crippen molar-refractivity contribution in [1.82, 2.24) is 10.4 Å². The Hall–Kier alpha value is -1.66. The Morgan fingerprint density at radius 1 is 1.24 bits per heavy atom. The van der Waals surface area contributed by atoms with E-state index in [9.17, 15) is 0 Å². The van der Waals surface area contributed by atoms with Crippen molar-refractivity contribution in [2.75, 3.05) is 20.3 Å². The molecule has 21 heavy (non-hydrogen) atoms. The van der Waals surface area contributed by atoms with E-state index >= 15 is 0 Å². The number of rotatable bonds is 7. The molecular weight excluding hydrogens is 290 g/mol. The Balaban J connectivity index is 2.32. The second-order valence-corrected chi connectivity index (χ2v) is 4.78. The maximum Gasteiger partial charge on any atom is 0.124 e. The van der Waals surface area contributed by atoms with Crippen molar-refractivity contribution in [2.45, 2.75) is 6.04 Å². The fourth-order valence-electron chi connectivity index (χ4n) is 2.05. The maximum absolute atomic E-state index is 6.21. The zero-order valence-corrected chi connectivity index (χ0v) is 12.5. The first-order valence-corrected chi connectivity index (χ1v) is 6.92. The summed E-state index contributed by atoms with van der Waals surface area (Å²) >= 11 is 6.21. The fraction of sp³-hybridized carbons (Fsp3) is 0.267. The van der Waals surface area contributed by atoms with Crippen molar-refractivity contribution < 1.29 is 9.47 Å². The minimum Gasteiger partial charge on any atom is -0.491 e. The number of aromatic nitrogens is 1. The number of hydrogen-bond acceptors (Lipinski definition) is 5. The van der Waals surface area contributed by atoms with Crippen molar-refractivity contribution in [3.63, 3.8) is 0 Å². The van der Waals surface area contributed by atoms with E-state index in [1.165, 1.54) is 0 Å². The van der Waals surface area contributed by atoms with Gasteiger partial charge in [0.05, 0.1) is 17.7 Å². The predicted octanol–water partition coefficient (Wildman–Crippen LogP) is 2.31. The Morgan fingerprint density at radius 3 is 2.76 bits per heavy atom. The van der Waals surface area contributed by atoms with Crippen LogP contribution in [0.15, 0.2) is 42.7 Å². The zero-order chi connectivity index (χ0) is 15.1. The third kappa shape index (κ3) is 3.92. The molecule has 0 spiro atoms. The predicted molar refractivity (Wildman–Crippen MR) is 82.2 cm³/mol. The molecule has 2 aromatic rings. The molecule has 1 aromatic carbocycles. The van der Waals surface area contributed by atoms with Crippen molar-refractivity contribution in [1.29, 1.82) is 0 Å². The average Bonchev–Trinajstić information content (AvgIpc) is 2.51. The van der Waals surface area contributed by atoms with Crippen LogP contribution in [0.3, 0.4) is 0 Å². The van der Waals surface area contributed by atoms with Gasteiger partial charge in [-0.15, -0.1) is 0 Å². The number of halogens is 1. The molecule has 0 amide bonds. The van der Waals surface area contributed by atoms with E-state index in [0.29, 0.717) is 18.2 Å². The number of hydrazine groups is 1. The number of nitrogens with one attached hydrogen (secondary N) is 1. The molecule has 0 saturated carbocycles. The Bertz CT molecular complexity index is 580. The quantitative estimate of drug-likeness (QED) is 0.467. The normalized spacial score (nSPS) is 12.1. The van der Waals surface area contributed by atoms with Gasteiger partial charge >= 0.3 is 0 Å². The highest BCUT2D eigenvalue weighted by molar-refractivity contribution is 6.31. The van der Waals surface area contributed by atoms with Gasteiger partial charge in [-0.1, -0.05) is 29.8 Å². The molecule has 0 aliphatic carbocycles. The fourth-order valence-corrected chi connectivity index (χ4v) is 2.28. The second-order valence-electron chi connectivity index (χ2n) is 4.38. The van der Waals surface area contributed by atoms with Crippen LogP contribution in [0.2, 0.25) is 5.02 Å². The first-order valence-electron chi connectivity index (χ1n) is 6.54. The van der Waals surface area contributed by atoms with Crippen LogP contribution in [0.5, 0.6) is 5.75 Å². The van der Waals surface area contributed by atoms with E-state index < -0.39 is 0 Å². The summed E-state index contributed by atoms with van der Waals surface area (Å²) in [7, 11) is 1.64. The molecule has 0 fully saturated rings. The molecule has 112 valence electrons. The third-order valence-corrected chi connectivity index (χ3v) is 3.37. The summed E-state index contributed by atoms with van der Waals surface area (Å²) in [6, 6.07) is 9.23. The van der Waals surface area contributed by atoms with Gasteiger partial charge in [0.1, 0.15) is 12.4 Å². The van der Waals surface area contributed by atoms with Gasteiger partial charge in [0.2, 0.25) is 0 Å². The monoisotopic (exact) mass is 307 g/mol. The molecule has 1 atom stereocenters. The Labute approximate surface area is 129 Å².